The molecule has 0 saturated heterocycles. The Bertz CT molecular complexity index is 223. The average molecular weight is 303 g/mol. The van der Waals surface area contributed by atoms with E-state index in [2.05, 4.69) is 24.5 Å². The van der Waals surface area contributed by atoms with Gasteiger partial charge in [-0.2, -0.15) is 0 Å². The summed E-state index contributed by atoms with van der Waals surface area (Å²) in [7, 11) is 1.91. The normalized spacial score (nSPS) is 13.0. The number of hydrogen-bond donors (Lipinski definition) is 3. The highest BCUT2D eigenvalue weighted by molar-refractivity contribution is 5.78. The molecule has 0 rings (SSSR count). The minimum Gasteiger partial charge on any atom is -0.396 e. The van der Waals surface area contributed by atoms with Crippen LogP contribution in [0.25, 0.3) is 0 Å². The van der Waals surface area contributed by atoms with Gasteiger partial charge in [-0.25, -0.2) is 0 Å². The van der Waals surface area contributed by atoms with Crippen LogP contribution in [0.15, 0.2) is 0 Å². The zero-order valence-electron chi connectivity index (χ0n) is 14.9. The van der Waals surface area contributed by atoms with Crippen LogP contribution in [0.1, 0.15) is 66.2 Å². The fourth-order valence-electron chi connectivity index (χ4n) is 2.25. The molecule has 128 valence electrons. The van der Waals surface area contributed by atoms with E-state index in [-0.39, 0.29) is 18.4 Å². The second-order valence-electron chi connectivity index (χ2n) is 5.26. The number of aliphatic hydroxyl groups excluding tert-OH is 1. The SMILES string of the molecule is CC.CCCCC(CCO)CNC(=O)C(CC)CCNC. The second-order valence-corrected chi connectivity index (χ2v) is 5.26. The largest absolute Gasteiger partial charge is 0.396 e. The highest BCUT2D eigenvalue weighted by atomic mass is 16.3. The van der Waals surface area contributed by atoms with Crippen LogP contribution >= 0.6 is 0 Å². The molecule has 0 radical (unpaired) electrons. The lowest BCUT2D eigenvalue weighted by Gasteiger charge is -2.19. The Labute approximate surface area is 132 Å². The number of unbranched alkanes of at least 4 members (excludes halogenated alkanes) is 1. The molecule has 21 heavy (non-hydrogen) atoms. The van der Waals surface area contributed by atoms with E-state index < -0.39 is 0 Å². The van der Waals surface area contributed by atoms with E-state index in [1.807, 2.05) is 20.9 Å². The maximum absolute atomic E-state index is 12.1. The molecule has 0 bridgehead atoms. The Morgan fingerprint density at radius 2 is 1.81 bits per heavy atom. The zero-order chi connectivity index (χ0) is 16.5. The molecule has 2 atom stereocenters. The summed E-state index contributed by atoms with van der Waals surface area (Å²) >= 11 is 0. The molecule has 0 aromatic carbocycles. The van der Waals surface area contributed by atoms with Gasteiger partial charge in [-0.3, -0.25) is 4.79 Å². The van der Waals surface area contributed by atoms with Gasteiger partial charge >= 0.3 is 0 Å². The third-order valence-corrected chi connectivity index (χ3v) is 3.67. The predicted molar refractivity (Wildman–Crippen MR) is 91.4 cm³/mol. The highest BCUT2D eigenvalue weighted by Gasteiger charge is 2.17. The topological polar surface area (TPSA) is 61.4 Å². The number of aliphatic hydroxyl groups is 1. The molecule has 4 heteroatoms. The van der Waals surface area contributed by atoms with Crippen LogP contribution in [0.2, 0.25) is 0 Å². The molecule has 0 spiro atoms. The number of hydrogen-bond acceptors (Lipinski definition) is 3. The van der Waals surface area contributed by atoms with Gasteiger partial charge in [0.2, 0.25) is 5.91 Å². The van der Waals surface area contributed by atoms with Crippen molar-refractivity contribution in [1.29, 1.82) is 0 Å². The molecule has 1 amide bonds. The molecule has 0 fully saturated rings. The third-order valence-electron chi connectivity index (χ3n) is 3.67. The molecule has 0 aliphatic carbocycles. The Morgan fingerprint density at radius 3 is 2.29 bits per heavy atom. The van der Waals surface area contributed by atoms with Crippen LogP contribution in [0, 0.1) is 11.8 Å². The van der Waals surface area contributed by atoms with Gasteiger partial charge in [0.15, 0.2) is 0 Å². The predicted octanol–water partition coefficient (Wildman–Crippen LogP) is 2.95. The van der Waals surface area contributed by atoms with Gasteiger partial charge in [-0.15, -0.1) is 0 Å². The van der Waals surface area contributed by atoms with E-state index in [0.29, 0.717) is 12.5 Å². The first-order valence-corrected chi connectivity index (χ1v) is 8.72. The van der Waals surface area contributed by atoms with Crippen LogP contribution < -0.4 is 10.6 Å². The summed E-state index contributed by atoms with van der Waals surface area (Å²) in [6.07, 6.45) is 5.97. The van der Waals surface area contributed by atoms with Crippen molar-refractivity contribution in [2.75, 3.05) is 26.7 Å². The monoisotopic (exact) mass is 302 g/mol. The summed E-state index contributed by atoms with van der Waals surface area (Å²) in [4.78, 5) is 12.1. The standard InChI is InChI=1S/C15H32N2O2.C2H6/c1-4-6-7-13(9-11-18)12-17-15(19)14(5-2)8-10-16-3;1-2/h13-14,16,18H,4-12H2,1-3H3,(H,17,19);1-2H3. The van der Waals surface area contributed by atoms with Gasteiger partial charge in [0.05, 0.1) is 0 Å². The van der Waals surface area contributed by atoms with Crippen LogP contribution in [0.3, 0.4) is 0 Å². The summed E-state index contributed by atoms with van der Waals surface area (Å²) in [5, 5.41) is 15.2. The van der Waals surface area contributed by atoms with Crippen molar-refractivity contribution in [2.24, 2.45) is 11.8 Å². The lowest BCUT2D eigenvalue weighted by atomic mass is 9.97. The summed E-state index contributed by atoms with van der Waals surface area (Å²) in [5.74, 6) is 0.682. The summed E-state index contributed by atoms with van der Waals surface area (Å²) < 4.78 is 0. The summed E-state index contributed by atoms with van der Waals surface area (Å²) in [5.41, 5.74) is 0. The van der Waals surface area contributed by atoms with Gasteiger partial charge in [-0.05, 0) is 45.2 Å². The molecule has 2 unspecified atom stereocenters. The summed E-state index contributed by atoms with van der Waals surface area (Å²) in [6, 6.07) is 0. The summed E-state index contributed by atoms with van der Waals surface area (Å²) in [6.45, 7) is 10.0. The Morgan fingerprint density at radius 1 is 1.14 bits per heavy atom. The lowest BCUT2D eigenvalue weighted by Crippen LogP contribution is -2.35. The van der Waals surface area contributed by atoms with E-state index in [4.69, 9.17) is 5.11 Å². The van der Waals surface area contributed by atoms with Crippen molar-refractivity contribution < 1.29 is 9.90 Å². The smallest absolute Gasteiger partial charge is 0.223 e. The van der Waals surface area contributed by atoms with E-state index in [9.17, 15) is 4.79 Å². The van der Waals surface area contributed by atoms with Crippen LogP contribution in [-0.2, 0) is 4.79 Å². The first-order chi connectivity index (χ1) is 10.2. The minimum absolute atomic E-state index is 0.105. The van der Waals surface area contributed by atoms with Crippen molar-refractivity contribution in [3.63, 3.8) is 0 Å². The Hall–Kier alpha value is -0.610. The van der Waals surface area contributed by atoms with E-state index >= 15 is 0 Å². The number of nitrogens with one attached hydrogen (secondary N) is 2. The van der Waals surface area contributed by atoms with E-state index in [0.717, 1.165) is 45.1 Å². The van der Waals surface area contributed by atoms with Crippen molar-refractivity contribution in [3.05, 3.63) is 0 Å². The van der Waals surface area contributed by atoms with Crippen molar-refractivity contribution in [3.8, 4) is 0 Å². The molecule has 3 N–H and O–H groups in total. The fraction of sp³-hybridized carbons (Fsp3) is 0.941. The second kappa shape index (κ2) is 17.4. The molecule has 0 aromatic heterocycles. The maximum atomic E-state index is 12.1. The fourth-order valence-corrected chi connectivity index (χ4v) is 2.25. The molecule has 0 saturated carbocycles. The van der Waals surface area contributed by atoms with Gasteiger partial charge < -0.3 is 15.7 Å². The zero-order valence-corrected chi connectivity index (χ0v) is 14.9. The van der Waals surface area contributed by atoms with Gasteiger partial charge in [0.1, 0.15) is 0 Å². The van der Waals surface area contributed by atoms with Crippen molar-refractivity contribution in [1.82, 2.24) is 10.6 Å². The number of carbonyl (C=O) groups is 1. The molecular formula is C17H38N2O2. The van der Waals surface area contributed by atoms with Gasteiger partial charge in [0, 0.05) is 19.1 Å². The van der Waals surface area contributed by atoms with Gasteiger partial charge in [-0.1, -0.05) is 40.5 Å². The van der Waals surface area contributed by atoms with E-state index in [1.54, 1.807) is 0 Å². The van der Waals surface area contributed by atoms with Gasteiger partial charge in [0.25, 0.3) is 0 Å². The van der Waals surface area contributed by atoms with Crippen LogP contribution in [0.5, 0.6) is 0 Å². The van der Waals surface area contributed by atoms with Crippen LogP contribution in [0.4, 0.5) is 0 Å². The quantitative estimate of drug-likeness (QED) is 0.519. The maximum Gasteiger partial charge on any atom is 0.223 e. The first-order valence-electron chi connectivity index (χ1n) is 8.72. The lowest BCUT2D eigenvalue weighted by molar-refractivity contribution is -0.125. The third kappa shape index (κ3) is 12.8. The molecule has 4 nitrogen and oxygen atoms in total. The molecule has 0 aliphatic heterocycles. The number of amides is 1. The van der Waals surface area contributed by atoms with Crippen LogP contribution in [-0.4, -0.2) is 37.8 Å². The molecule has 0 aromatic rings. The molecule has 0 heterocycles. The average Bonchev–Trinajstić information content (AvgIpc) is 2.52. The number of rotatable bonds is 12. The highest BCUT2D eigenvalue weighted by Crippen LogP contribution is 2.13. The minimum atomic E-state index is 0.105. The Balaban J connectivity index is 0. The molecule has 0 aliphatic rings. The van der Waals surface area contributed by atoms with E-state index in [1.165, 1.54) is 0 Å². The first kappa shape index (κ1) is 22.7. The molecular weight excluding hydrogens is 264 g/mol. The number of carbonyl (C=O) groups excluding carboxylic acids is 1. The Kier molecular flexibility index (Phi) is 18.8. The van der Waals surface area contributed by atoms with Crippen molar-refractivity contribution >= 4 is 5.91 Å². The van der Waals surface area contributed by atoms with Crippen molar-refractivity contribution in [2.45, 2.75) is 66.2 Å².